The SMILES string of the molecule is Cc1ccc(-c2nnn(CC(=O)Nc3cccc(Br)c3)n2)cc1. The second-order valence-corrected chi connectivity index (χ2v) is 5.98. The summed E-state index contributed by atoms with van der Waals surface area (Å²) >= 11 is 3.36. The number of amides is 1. The molecule has 3 aromatic rings. The van der Waals surface area contributed by atoms with Crippen molar-refractivity contribution in [3.63, 3.8) is 0 Å². The number of rotatable bonds is 4. The van der Waals surface area contributed by atoms with Gasteiger partial charge in [-0.25, -0.2) is 0 Å². The van der Waals surface area contributed by atoms with E-state index in [4.69, 9.17) is 0 Å². The quantitative estimate of drug-likeness (QED) is 0.764. The van der Waals surface area contributed by atoms with Gasteiger partial charge in [0.05, 0.1) is 0 Å². The van der Waals surface area contributed by atoms with Gasteiger partial charge in [-0.15, -0.1) is 10.2 Å². The number of carbonyl (C=O) groups excluding carboxylic acids is 1. The topological polar surface area (TPSA) is 72.7 Å². The van der Waals surface area contributed by atoms with Crippen molar-refractivity contribution in [2.75, 3.05) is 5.32 Å². The summed E-state index contributed by atoms with van der Waals surface area (Å²) in [7, 11) is 0. The number of halogens is 1. The Labute approximate surface area is 141 Å². The van der Waals surface area contributed by atoms with Gasteiger partial charge in [-0.2, -0.15) is 4.80 Å². The van der Waals surface area contributed by atoms with Crippen molar-refractivity contribution in [1.29, 1.82) is 0 Å². The highest BCUT2D eigenvalue weighted by Crippen LogP contribution is 2.16. The van der Waals surface area contributed by atoms with Gasteiger partial charge in [0.25, 0.3) is 0 Å². The van der Waals surface area contributed by atoms with Crippen molar-refractivity contribution in [2.45, 2.75) is 13.5 Å². The molecule has 3 rings (SSSR count). The van der Waals surface area contributed by atoms with Gasteiger partial charge in [-0.1, -0.05) is 51.8 Å². The van der Waals surface area contributed by atoms with E-state index in [2.05, 4.69) is 36.7 Å². The molecule has 0 unspecified atom stereocenters. The Morgan fingerprint density at radius 2 is 2.00 bits per heavy atom. The Balaban J connectivity index is 1.66. The summed E-state index contributed by atoms with van der Waals surface area (Å²) in [6.45, 7) is 2.02. The van der Waals surface area contributed by atoms with Crippen molar-refractivity contribution in [3.05, 3.63) is 58.6 Å². The second kappa shape index (κ2) is 6.70. The third kappa shape index (κ3) is 4.01. The number of anilines is 1. The van der Waals surface area contributed by atoms with Gasteiger partial charge in [0.15, 0.2) is 0 Å². The second-order valence-electron chi connectivity index (χ2n) is 5.07. The van der Waals surface area contributed by atoms with Crippen LogP contribution in [0.2, 0.25) is 0 Å². The standard InChI is InChI=1S/C16H14BrN5O/c1-11-5-7-12(8-6-11)16-19-21-22(20-16)10-15(23)18-14-4-2-3-13(17)9-14/h2-9H,10H2,1H3,(H,18,23). The van der Waals surface area contributed by atoms with Crippen LogP contribution in [0.4, 0.5) is 5.69 Å². The number of nitrogens with zero attached hydrogens (tertiary/aromatic N) is 4. The average Bonchev–Trinajstić information content (AvgIpc) is 2.96. The largest absolute Gasteiger partial charge is 0.324 e. The van der Waals surface area contributed by atoms with E-state index in [1.807, 2.05) is 55.5 Å². The third-order valence-electron chi connectivity index (χ3n) is 3.16. The van der Waals surface area contributed by atoms with Gasteiger partial charge in [0, 0.05) is 15.7 Å². The van der Waals surface area contributed by atoms with Gasteiger partial charge in [-0.05, 0) is 30.3 Å². The van der Waals surface area contributed by atoms with E-state index in [1.54, 1.807) is 0 Å². The number of aromatic nitrogens is 4. The summed E-state index contributed by atoms with van der Waals surface area (Å²) in [5.74, 6) is 0.288. The van der Waals surface area contributed by atoms with Gasteiger partial charge in [0.1, 0.15) is 6.54 Å². The lowest BCUT2D eigenvalue weighted by atomic mass is 10.1. The first-order valence-corrected chi connectivity index (χ1v) is 7.80. The van der Waals surface area contributed by atoms with Crippen LogP contribution >= 0.6 is 15.9 Å². The maximum atomic E-state index is 12.0. The van der Waals surface area contributed by atoms with Crippen molar-refractivity contribution in [3.8, 4) is 11.4 Å². The smallest absolute Gasteiger partial charge is 0.248 e. The predicted octanol–water partition coefficient (Wildman–Crippen LogP) is 3.05. The molecule has 1 heterocycles. The zero-order valence-electron chi connectivity index (χ0n) is 12.4. The van der Waals surface area contributed by atoms with E-state index in [1.165, 1.54) is 4.80 Å². The molecule has 0 saturated carbocycles. The number of benzene rings is 2. The molecule has 1 aromatic heterocycles. The third-order valence-corrected chi connectivity index (χ3v) is 3.65. The van der Waals surface area contributed by atoms with E-state index >= 15 is 0 Å². The zero-order chi connectivity index (χ0) is 16.2. The molecule has 0 fully saturated rings. The number of carbonyl (C=O) groups is 1. The fourth-order valence-electron chi connectivity index (χ4n) is 2.02. The van der Waals surface area contributed by atoms with E-state index < -0.39 is 0 Å². The Hall–Kier alpha value is -2.54. The molecule has 1 N–H and O–H groups in total. The Morgan fingerprint density at radius 1 is 1.22 bits per heavy atom. The molecule has 0 aliphatic carbocycles. The monoisotopic (exact) mass is 371 g/mol. The summed E-state index contributed by atoms with van der Waals surface area (Å²) in [5.41, 5.74) is 2.74. The van der Waals surface area contributed by atoms with Crippen molar-refractivity contribution < 1.29 is 4.79 Å². The molecule has 23 heavy (non-hydrogen) atoms. The average molecular weight is 372 g/mol. The van der Waals surface area contributed by atoms with Crippen molar-refractivity contribution in [2.24, 2.45) is 0 Å². The summed E-state index contributed by atoms with van der Waals surface area (Å²) in [5, 5.41) is 14.9. The summed E-state index contributed by atoms with van der Waals surface area (Å²) < 4.78 is 0.899. The van der Waals surface area contributed by atoms with Crippen LogP contribution in [0.3, 0.4) is 0 Å². The van der Waals surface area contributed by atoms with Crippen LogP contribution in [0.1, 0.15) is 5.56 Å². The van der Waals surface area contributed by atoms with Crippen LogP contribution in [-0.4, -0.2) is 26.1 Å². The van der Waals surface area contributed by atoms with Gasteiger partial charge in [0.2, 0.25) is 11.7 Å². The first kappa shape index (κ1) is 15.4. The van der Waals surface area contributed by atoms with E-state index in [9.17, 15) is 4.79 Å². The molecule has 0 atom stereocenters. The first-order chi connectivity index (χ1) is 11.1. The lowest BCUT2D eigenvalue weighted by Crippen LogP contribution is -2.20. The molecular formula is C16H14BrN5O. The van der Waals surface area contributed by atoms with E-state index in [0.717, 1.165) is 15.6 Å². The van der Waals surface area contributed by atoms with Crippen LogP contribution in [0.5, 0.6) is 0 Å². The Kier molecular flexibility index (Phi) is 4.47. The number of nitrogens with one attached hydrogen (secondary N) is 1. The van der Waals surface area contributed by atoms with Gasteiger partial charge in [-0.3, -0.25) is 4.79 Å². The molecule has 116 valence electrons. The Morgan fingerprint density at radius 3 is 2.74 bits per heavy atom. The van der Waals surface area contributed by atoms with Gasteiger partial charge >= 0.3 is 0 Å². The molecule has 0 bridgehead atoms. The van der Waals surface area contributed by atoms with Crippen LogP contribution in [0, 0.1) is 6.92 Å². The fourth-order valence-corrected chi connectivity index (χ4v) is 2.42. The number of tetrazole rings is 1. The fraction of sp³-hybridized carbons (Fsp3) is 0.125. The maximum absolute atomic E-state index is 12.0. The Bertz CT molecular complexity index is 828. The lowest BCUT2D eigenvalue weighted by molar-refractivity contribution is -0.117. The van der Waals surface area contributed by atoms with E-state index in [0.29, 0.717) is 11.5 Å². The minimum Gasteiger partial charge on any atom is -0.324 e. The number of hydrogen-bond donors (Lipinski definition) is 1. The molecule has 0 radical (unpaired) electrons. The molecule has 1 amide bonds. The molecule has 0 saturated heterocycles. The predicted molar refractivity (Wildman–Crippen MR) is 90.8 cm³/mol. The minimum atomic E-state index is -0.212. The highest BCUT2D eigenvalue weighted by Gasteiger charge is 2.09. The zero-order valence-corrected chi connectivity index (χ0v) is 14.0. The van der Waals surface area contributed by atoms with Crippen molar-refractivity contribution >= 4 is 27.5 Å². The minimum absolute atomic E-state index is 0.00533. The summed E-state index contributed by atoms with van der Waals surface area (Å²) in [6, 6.07) is 15.2. The van der Waals surface area contributed by atoms with Crippen LogP contribution in [-0.2, 0) is 11.3 Å². The van der Waals surface area contributed by atoms with E-state index in [-0.39, 0.29) is 12.5 Å². The summed E-state index contributed by atoms with van der Waals surface area (Å²) in [4.78, 5) is 13.3. The number of hydrogen-bond acceptors (Lipinski definition) is 4. The highest BCUT2D eigenvalue weighted by atomic mass is 79.9. The normalized spacial score (nSPS) is 10.5. The first-order valence-electron chi connectivity index (χ1n) is 7.00. The molecule has 0 aliphatic heterocycles. The van der Waals surface area contributed by atoms with Crippen LogP contribution < -0.4 is 5.32 Å². The van der Waals surface area contributed by atoms with Crippen LogP contribution in [0.25, 0.3) is 11.4 Å². The summed E-state index contributed by atoms with van der Waals surface area (Å²) in [6.07, 6.45) is 0. The highest BCUT2D eigenvalue weighted by molar-refractivity contribution is 9.10. The number of aryl methyl sites for hydroxylation is 1. The molecule has 6 nitrogen and oxygen atoms in total. The molecule has 0 spiro atoms. The molecule has 0 aliphatic rings. The molecule has 2 aromatic carbocycles. The van der Waals surface area contributed by atoms with Crippen molar-refractivity contribution in [1.82, 2.24) is 20.2 Å². The van der Waals surface area contributed by atoms with Gasteiger partial charge < -0.3 is 5.32 Å². The molecule has 7 heteroatoms. The maximum Gasteiger partial charge on any atom is 0.248 e. The van der Waals surface area contributed by atoms with Crippen LogP contribution in [0.15, 0.2) is 53.0 Å². The molecular weight excluding hydrogens is 358 g/mol. The lowest BCUT2D eigenvalue weighted by Gasteiger charge is -2.04.